The highest BCUT2D eigenvalue weighted by atomic mass is 32.1. The fourth-order valence-electron chi connectivity index (χ4n) is 2.36. The number of carbonyl (C=O) groups is 1. The molecule has 0 spiro atoms. The van der Waals surface area contributed by atoms with E-state index in [0.717, 1.165) is 21.7 Å². The highest BCUT2D eigenvalue weighted by molar-refractivity contribution is 7.16. The molecule has 3 rings (SSSR count). The smallest absolute Gasteiger partial charge is 0.263 e. The van der Waals surface area contributed by atoms with Gasteiger partial charge in [0.2, 0.25) is 0 Å². The number of thiazole rings is 1. The number of hydrogen-bond donors (Lipinski definition) is 1. The van der Waals surface area contributed by atoms with Crippen LogP contribution in [-0.4, -0.2) is 18.0 Å². The minimum absolute atomic E-state index is 0.105. The molecular weight excluding hydrogens is 320 g/mol. The van der Waals surface area contributed by atoms with Crippen LogP contribution < -0.4 is 5.32 Å². The highest BCUT2D eigenvalue weighted by Gasteiger charge is 2.11. The number of ether oxygens (including phenoxy) is 1. The summed E-state index contributed by atoms with van der Waals surface area (Å²) in [4.78, 5) is 17.3. The van der Waals surface area contributed by atoms with E-state index in [9.17, 15) is 4.79 Å². The van der Waals surface area contributed by atoms with Crippen molar-refractivity contribution in [3.05, 3.63) is 76.8 Å². The molecule has 0 aliphatic carbocycles. The van der Waals surface area contributed by atoms with Crippen molar-refractivity contribution in [3.63, 3.8) is 0 Å². The van der Waals surface area contributed by atoms with Crippen molar-refractivity contribution in [1.82, 2.24) is 10.3 Å². The van der Waals surface area contributed by atoms with E-state index in [1.807, 2.05) is 54.6 Å². The predicted octanol–water partition coefficient (Wildman–Crippen LogP) is 3.89. The van der Waals surface area contributed by atoms with E-state index in [4.69, 9.17) is 4.74 Å². The lowest BCUT2D eigenvalue weighted by molar-refractivity contribution is 0.0954. The predicted molar refractivity (Wildman–Crippen MR) is 95.9 cm³/mol. The fraction of sp³-hybridized carbons (Fsp3) is 0.158. The van der Waals surface area contributed by atoms with Gasteiger partial charge in [-0.05, 0) is 11.1 Å². The average Bonchev–Trinajstić information content (AvgIpc) is 3.11. The maximum Gasteiger partial charge on any atom is 0.263 e. The minimum Gasteiger partial charge on any atom is -0.380 e. The first-order chi connectivity index (χ1) is 11.8. The van der Waals surface area contributed by atoms with Crippen LogP contribution in [0.1, 0.15) is 20.8 Å². The van der Waals surface area contributed by atoms with Crippen molar-refractivity contribution in [2.45, 2.75) is 13.2 Å². The summed E-state index contributed by atoms with van der Waals surface area (Å²) < 4.78 is 5.13. The van der Waals surface area contributed by atoms with Crippen molar-refractivity contribution in [1.29, 1.82) is 0 Å². The van der Waals surface area contributed by atoms with E-state index in [1.165, 1.54) is 11.3 Å². The molecule has 3 aromatic rings. The standard InChI is InChI=1S/C19H18N2O2S/c1-23-13-15-7-5-6-14(10-15)11-20-18(22)17-12-21-19(24-17)16-8-3-2-4-9-16/h2-10,12H,11,13H2,1H3,(H,20,22). The number of benzene rings is 2. The fourth-order valence-corrected chi connectivity index (χ4v) is 3.20. The maximum atomic E-state index is 12.3. The second kappa shape index (κ2) is 7.86. The summed E-state index contributed by atoms with van der Waals surface area (Å²) in [6.45, 7) is 1.05. The molecule has 5 heteroatoms. The zero-order chi connectivity index (χ0) is 16.8. The SMILES string of the molecule is COCc1cccc(CNC(=O)c2cnc(-c3ccccc3)s2)c1. The summed E-state index contributed by atoms with van der Waals surface area (Å²) >= 11 is 1.40. The van der Waals surface area contributed by atoms with Crippen LogP contribution in [0.15, 0.2) is 60.8 Å². The van der Waals surface area contributed by atoms with Crippen molar-refractivity contribution in [2.75, 3.05) is 7.11 Å². The van der Waals surface area contributed by atoms with Crippen molar-refractivity contribution in [2.24, 2.45) is 0 Å². The van der Waals surface area contributed by atoms with Gasteiger partial charge in [0.1, 0.15) is 9.88 Å². The first-order valence-electron chi connectivity index (χ1n) is 7.62. The molecule has 1 aromatic heterocycles. The highest BCUT2D eigenvalue weighted by Crippen LogP contribution is 2.24. The molecule has 2 aromatic carbocycles. The van der Waals surface area contributed by atoms with Gasteiger partial charge >= 0.3 is 0 Å². The molecule has 1 N–H and O–H groups in total. The summed E-state index contributed by atoms with van der Waals surface area (Å²) in [6.07, 6.45) is 1.63. The summed E-state index contributed by atoms with van der Waals surface area (Å²) in [6, 6.07) is 17.9. The van der Waals surface area contributed by atoms with E-state index in [-0.39, 0.29) is 5.91 Å². The van der Waals surface area contributed by atoms with Gasteiger partial charge in [0.15, 0.2) is 0 Å². The third-order valence-corrected chi connectivity index (χ3v) is 4.55. The van der Waals surface area contributed by atoms with Crippen molar-refractivity contribution in [3.8, 4) is 10.6 Å². The van der Waals surface area contributed by atoms with Crippen LogP contribution in [0.3, 0.4) is 0 Å². The Kier molecular flexibility index (Phi) is 5.36. The Morgan fingerprint density at radius 2 is 1.92 bits per heavy atom. The largest absolute Gasteiger partial charge is 0.380 e. The third kappa shape index (κ3) is 4.07. The Hall–Kier alpha value is -2.50. The third-order valence-electron chi connectivity index (χ3n) is 3.51. The van der Waals surface area contributed by atoms with E-state index < -0.39 is 0 Å². The lowest BCUT2D eigenvalue weighted by Crippen LogP contribution is -2.21. The second-order valence-electron chi connectivity index (χ2n) is 5.33. The van der Waals surface area contributed by atoms with Gasteiger partial charge < -0.3 is 10.1 Å². The van der Waals surface area contributed by atoms with Crippen LogP contribution in [0.5, 0.6) is 0 Å². The molecule has 0 aliphatic heterocycles. The van der Waals surface area contributed by atoms with E-state index in [2.05, 4.69) is 10.3 Å². The Morgan fingerprint density at radius 1 is 1.12 bits per heavy atom. The molecular formula is C19H18N2O2S. The molecule has 0 saturated heterocycles. The van der Waals surface area contributed by atoms with Gasteiger partial charge in [-0.15, -0.1) is 11.3 Å². The molecule has 0 saturated carbocycles. The molecule has 4 nitrogen and oxygen atoms in total. The molecule has 0 unspecified atom stereocenters. The maximum absolute atomic E-state index is 12.3. The van der Waals surface area contributed by atoms with E-state index >= 15 is 0 Å². The summed E-state index contributed by atoms with van der Waals surface area (Å²) in [5.41, 5.74) is 3.16. The van der Waals surface area contributed by atoms with Crippen LogP contribution in [0.4, 0.5) is 0 Å². The van der Waals surface area contributed by atoms with Crippen LogP contribution in [0.2, 0.25) is 0 Å². The normalized spacial score (nSPS) is 10.5. The topological polar surface area (TPSA) is 51.2 Å². The molecule has 0 fully saturated rings. The van der Waals surface area contributed by atoms with E-state index in [1.54, 1.807) is 13.3 Å². The summed E-state index contributed by atoms with van der Waals surface area (Å²) in [5, 5.41) is 3.79. The number of rotatable bonds is 6. The van der Waals surface area contributed by atoms with Crippen LogP contribution in [-0.2, 0) is 17.9 Å². The number of carbonyl (C=O) groups excluding carboxylic acids is 1. The van der Waals surface area contributed by atoms with E-state index in [0.29, 0.717) is 18.0 Å². The van der Waals surface area contributed by atoms with Crippen LogP contribution >= 0.6 is 11.3 Å². The number of aromatic nitrogens is 1. The molecule has 1 heterocycles. The van der Waals surface area contributed by atoms with Gasteiger partial charge in [-0.1, -0.05) is 54.6 Å². The number of hydrogen-bond acceptors (Lipinski definition) is 4. The van der Waals surface area contributed by atoms with Gasteiger partial charge in [-0.25, -0.2) is 4.98 Å². The Bertz CT molecular complexity index is 815. The quantitative estimate of drug-likeness (QED) is 0.742. The molecule has 24 heavy (non-hydrogen) atoms. The van der Waals surface area contributed by atoms with Crippen LogP contribution in [0, 0.1) is 0 Å². The Balaban J connectivity index is 1.63. The van der Waals surface area contributed by atoms with Gasteiger partial charge in [0.25, 0.3) is 5.91 Å². The zero-order valence-electron chi connectivity index (χ0n) is 13.4. The zero-order valence-corrected chi connectivity index (χ0v) is 14.2. The Labute approximate surface area is 145 Å². The molecule has 0 atom stereocenters. The molecule has 0 radical (unpaired) electrons. The first-order valence-corrected chi connectivity index (χ1v) is 8.44. The van der Waals surface area contributed by atoms with Crippen molar-refractivity contribution < 1.29 is 9.53 Å². The van der Waals surface area contributed by atoms with Crippen molar-refractivity contribution >= 4 is 17.2 Å². The van der Waals surface area contributed by atoms with Gasteiger partial charge in [-0.2, -0.15) is 0 Å². The molecule has 122 valence electrons. The van der Waals surface area contributed by atoms with Gasteiger partial charge in [-0.3, -0.25) is 4.79 Å². The molecule has 0 aliphatic rings. The molecule has 0 bridgehead atoms. The number of nitrogens with one attached hydrogen (secondary N) is 1. The lowest BCUT2D eigenvalue weighted by Gasteiger charge is -2.06. The second-order valence-corrected chi connectivity index (χ2v) is 6.36. The summed E-state index contributed by atoms with van der Waals surface area (Å²) in [7, 11) is 1.67. The first kappa shape index (κ1) is 16.4. The van der Waals surface area contributed by atoms with Gasteiger partial charge in [0, 0.05) is 19.2 Å². The lowest BCUT2D eigenvalue weighted by atomic mass is 10.1. The molecule has 1 amide bonds. The summed E-state index contributed by atoms with van der Waals surface area (Å²) in [5.74, 6) is -0.105. The minimum atomic E-state index is -0.105. The Morgan fingerprint density at radius 3 is 2.71 bits per heavy atom. The number of methoxy groups -OCH3 is 1. The van der Waals surface area contributed by atoms with Gasteiger partial charge in [0.05, 0.1) is 12.8 Å². The number of nitrogens with zero attached hydrogens (tertiary/aromatic N) is 1. The number of amides is 1. The monoisotopic (exact) mass is 338 g/mol. The average molecular weight is 338 g/mol. The van der Waals surface area contributed by atoms with Crippen LogP contribution in [0.25, 0.3) is 10.6 Å².